The second-order valence-corrected chi connectivity index (χ2v) is 6.64. The van der Waals surface area contributed by atoms with E-state index in [-0.39, 0.29) is 24.0 Å². The van der Waals surface area contributed by atoms with E-state index in [1.54, 1.807) is 20.4 Å². The van der Waals surface area contributed by atoms with Crippen molar-refractivity contribution in [1.82, 2.24) is 15.6 Å². The van der Waals surface area contributed by atoms with Crippen molar-refractivity contribution in [1.29, 1.82) is 0 Å². The van der Waals surface area contributed by atoms with Gasteiger partial charge in [-0.25, -0.2) is 4.98 Å². The van der Waals surface area contributed by atoms with Crippen molar-refractivity contribution in [2.75, 3.05) is 20.8 Å². The number of hydrogen-bond donors (Lipinski definition) is 2. The molecular weight excluding hydrogens is 519 g/mol. The lowest BCUT2D eigenvalue weighted by molar-refractivity contribution is 0.339. The lowest BCUT2D eigenvalue weighted by Gasteiger charge is -2.13. The number of guanidine groups is 1. The molecule has 0 amide bonds. The van der Waals surface area contributed by atoms with E-state index in [2.05, 4.69) is 20.6 Å². The molecule has 0 bridgehead atoms. The summed E-state index contributed by atoms with van der Waals surface area (Å²) >= 11 is 0. The van der Waals surface area contributed by atoms with E-state index in [0.717, 1.165) is 22.6 Å². The molecule has 7 nitrogen and oxygen atoms in total. The maximum absolute atomic E-state index is 5.86. The van der Waals surface area contributed by atoms with Crippen molar-refractivity contribution < 1.29 is 14.2 Å². The molecule has 32 heavy (non-hydrogen) atoms. The van der Waals surface area contributed by atoms with Crippen LogP contribution in [0, 0.1) is 0 Å². The number of ether oxygens (including phenoxy) is 3. The standard InChI is InChI=1S/C24H28N4O3.HI/c1-4-30-20-8-10-21(11-9-20)31-23-15-19(12-13-26-23)17-28-24(25-2)27-16-18-6-5-7-22(14-18)29-3;/h5-15H,4,16-17H2,1-3H3,(H2,25,27,28);1H. The fourth-order valence-electron chi connectivity index (χ4n) is 2.88. The zero-order valence-corrected chi connectivity index (χ0v) is 20.8. The highest BCUT2D eigenvalue weighted by Gasteiger charge is 2.04. The predicted octanol–water partition coefficient (Wildman–Crippen LogP) is 4.76. The Morgan fingerprint density at radius 3 is 2.25 bits per heavy atom. The molecule has 0 radical (unpaired) electrons. The van der Waals surface area contributed by atoms with E-state index in [0.29, 0.717) is 37.3 Å². The first-order valence-electron chi connectivity index (χ1n) is 10.1. The number of nitrogens with zero attached hydrogens (tertiary/aromatic N) is 2. The highest BCUT2D eigenvalue weighted by atomic mass is 127. The molecule has 0 aliphatic heterocycles. The number of halogens is 1. The Morgan fingerprint density at radius 1 is 0.906 bits per heavy atom. The molecule has 0 saturated carbocycles. The van der Waals surface area contributed by atoms with E-state index in [4.69, 9.17) is 14.2 Å². The third-order valence-corrected chi connectivity index (χ3v) is 4.43. The molecule has 0 aliphatic carbocycles. The summed E-state index contributed by atoms with van der Waals surface area (Å²) in [6.45, 7) is 3.81. The summed E-state index contributed by atoms with van der Waals surface area (Å²) in [5.41, 5.74) is 2.14. The summed E-state index contributed by atoms with van der Waals surface area (Å²) in [5, 5.41) is 6.61. The molecule has 3 aromatic rings. The molecule has 0 fully saturated rings. The third kappa shape index (κ3) is 7.92. The quantitative estimate of drug-likeness (QED) is 0.228. The molecule has 1 aromatic heterocycles. The van der Waals surface area contributed by atoms with Crippen LogP contribution in [0.2, 0.25) is 0 Å². The van der Waals surface area contributed by atoms with E-state index >= 15 is 0 Å². The average molecular weight is 548 g/mol. The maximum atomic E-state index is 5.86. The summed E-state index contributed by atoms with van der Waals surface area (Å²) < 4.78 is 16.6. The van der Waals surface area contributed by atoms with Gasteiger partial charge in [0.2, 0.25) is 5.88 Å². The van der Waals surface area contributed by atoms with Gasteiger partial charge in [0.25, 0.3) is 0 Å². The van der Waals surface area contributed by atoms with Gasteiger partial charge in [0.1, 0.15) is 17.2 Å². The molecule has 0 saturated heterocycles. The minimum atomic E-state index is 0. The largest absolute Gasteiger partial charge is 0.497 e. The van der Waals surface area contributed by atoms with Crippen molar-refractivity contribution in [3.8, 4) is 23.1 Å². The van der Waals surface area contributed by atoms with Crippen LogP contribution >= 0.6 is 24.0 Å². The molecule has 0 spiro atoms. The lowest BCUT2D eigenvalue weighted by atomic mass is 10.2. The number of rotatable bonds is 9. The normalized spacial score (nSPS) is 10.7. The zero-order valence-electron chi connectivity index (χ0n) is 18.5. The molecule has 170 valence electrons. The van der Waals surface area contributed by atoms with Crippen LogP contribution in [-0.4, -0.2) is 31.7 Å². The topological polar surface area (TPSA) is 77.0 Å². The van der Waals surface area contributed by atoms with Crippen LogP contribution in [0.4, 0.5) is 0 Å². The van der Waals surface area contributed by atoms with Gasteiger partial charge in [-0.15, -0.1) is 24.0 Å². The molecule has 1 heterocycles. The molecule has 2 aromatic carbocycles. The number of hydrogen-bond acceptors (Lipinski definition) is 5. The van der Waals surface area contributed by atoms with Crippen LogP contribution in [0.25, 0.3) is 0 Å². The Kier molecular flexibility index (Phi) is 10.6. The van der Waals surface area contributed by atoms with Crippen LogP contribution in [0.15, 0.2) is 71.9 Å². The lowest BCUT2D eigenvalue weighted by Crippen LogP contribution is -2.36. The van der Waals surface area contributed by atoms with Gasteiger partial charge in [-0.1, -0.05) is 12.1 Å². The van der Waals surface area contributed by atoms with Crippen molar-refractivity contribution >= 4 is 29.9 Å². The van der Waals surface area contributed by atoms with Gasteiger partial charge in [0.05, 0.1) is 13.7 Å². The minimum absolute atomic E-state index is 0. The molecule has 0 atom stereocenters. The van der Waals surface area contributed by atoms with Crippen molar-refractivity contribution in [3.63, 3.8) is 0 Å². The summed E-state index contributed by atoms with van der Waals surface area (Å²) in [5.74, 6) is 3.58. The molecular formula is C24H29IN4O3. The smallest absolute Gasteiger partial charge is 0.219 e. The molecule has 0 unspecified atom stereocenters. The summed E-state index contributed by atoms with van der Waals surface area (Å²) in [4.78, 5) is 8.57. The number of methoxy groups -OCH3 is 1. The van der Waals surface area contributed by atoms with E-state index < -0.39 is 0 Å². The Hall–Kier alpha value is -3.01. The number of aromatic nitrogens is 1. The maximum Gasteiger partial charge on any atom is 0.219 e. The summed E-state index contributed by atoms with van der Waals surface area (Å²) in [6.07, 6.45) is 1.73. The first-order chi connectivity index (χ1) is 15.2. The van der Waals surface area contributed by atoms with Crippen LogP contribution in [0.5, 0.6) is 23.1 Å². The monoisotopic (exact) mass is 548 g/mol. The number of pyridine rings is 1. The van der Waals surface area contributed by atoms with Crippen LogP contribution in [0.1, 0.15) is 18.1 Å². The minimum Gasteiger partial charge on any atom is -0.497 e. The Labute approximate surface area is 206 Å². The fraction of sp³-hybridized carbons (Fsp3) is 0.250. The molecule has 0 aliphatic rings. The summed E-state index contributed by atoms with van der Waals surface area (Å²) in [7, 11) is 3.41. The van der Waals surface area contributed by atoms with Crippen molar-refractivity contribution in [2.45, 2.75) is 20.0 Å². The van der Waals surface area contributed by atoms with Gasteiger partial charge in [0.15, 0.2) is 5.96 Å². The molecule has 8 heteroatoms. The first kappa shape index (κ1) is 25.3. The molecule has 3 rings (SSSR count). The Bertz CT molecular complexity index is 997. The van der Waals surface area contributed by atoms with Gasteiger partial charge in [-0.05, 0) is 60.5 Å². The van der Waals surface area contributed by atoms with Crippen LogP contribution in [-0.2, 0) is 13.1 Å². The van der Waals surface area contributed by atoms with Gasteiger partial charge in [-0.3, -0.25) is 4.99 Å². The Balaban J connectivity index is 0.00000363. The van der Waals surface area contributed by atoms with Gasteiger partial charge in [0, 0.05) is 32.4 Å². The van der Waals surface area contributed by atoms with E-state index in [9.17, 15) is 0 Å². The van der Waals surface area contributed by atoms with Crippen molar-refractivity contribution in [2.24, 2.45) is 4.99 Å². The van der Waals surface area contributed by atoms with E-state index in [1.807, 2.05) is 67.6 Å². The van der Waals surface area contributed by atoms with Crippen molar-refractivity contribution in [3.05, 3.63) is 78.0 Å². The second kappa shape index (κ2) is 13.4. The Morgan fingerprint density at radius 2 is 1.59 bits per heavy atom. The number of benzene rings is 2. The fourth-order valence-corrected chi connectivity index (χ4v) is 2.88. The highest BCUT2D eigenvalue weighted by molar-refractivity contribution is 14.0. The van der Waals surface area contributed by atoms with E-state index in [1.165, 1.54) is 0 Å². The third-order valence-electron chi connectivity index (χ3n) is 4.43. The molecule has 2 N–H and O–H groups in total. The number of nitrogens with one attached hydrogen (secondary N) is 2. The second-order valence-electron chi connectivity index (χ2n) is 6.64. The average Bonchev–Trinajstić information content (AvgIpc) is 2.81. The summed E-state index contributed by atoms with van der Waals surface area (Å²) in [6, 6.07) is 19.2. The first-order valence-corrected chi connectivity index (χ1v) is 10.1. The number of aliphatic imine (C=N–C) groups is 1. The predicted molar refractivity (Wildman–Crippen MR) is 137 cm³/mol. The SMILES string of the molecule is CCOc1ccc(Oc2cc(CNC(=NC)NCc3cccc(OC)c3)ccn2)cc1.I. The highest BCUT2D eigenvalue weighted by Crippen LogP contribution is 2.23. The van der Waals surface area contributed by atoms with Gasteiger partial charge < -0.3 is 24.8 Å². The van der Waals surface area contributed by atoms with Crippen LogP contribution in [0.3, 0.4) is 0 Å². The van der Waals surface area contributed by atoms with Crippen LogP contribution < -0.4 is 24.8 Å². The van der Waals surface area contributed by atoms with Gasteiger partial charge in [-0.2, -0.15) is 0 Å². The zero-order chi connectivity index (χ0) is 21.9. The van der Waals surface area contributed by atoms with Gasteiger partial charge >= 0.3 is 0 Å².